The van der Waals surface area contributed by atoms with Crippen LogP contribution in [0.4, 0.5) is 15.3 Å². The number of likely N-dealkylation sites (tertiary alicyclic amines) is 2. The lowest BCUT2D eigenvalue weighted by atomic mass is 9.97. The highest BCUT2D eigenvalue weighted by atomic mass is 16.5. The summed E-state index contributed by atoms with van der Waals surface area (Å²) in [7, 11) is 1.40. The number of oxazole rings is 1. The predicted molar refractivity (Wildman–Crippen MR) is 216 cm³/mol. The highest BCUT2D eigenvalue weighted by Crippen LogP contribution is 2.26. The van der Waals surface area contributed by atoms with Crippen LogP contribution in [0.3, 0.4) is 0 Å². The van der Waals surface area contributed by atoms with Crippen LogP contribution < -0.4 is 11.1 Å². The maximum atomic E-state index is 13.1. The summed E-state index contributed by atoms with van der Waals surface area (Å²) in [4.78, 5) is 73.4. The summed E-state index contributed by atoms with van der Waals surface area (Å²) in [6.45, 7) is 14.3. The Hall–Kier alpha value is -4.89. The average Bonchev–Trinajstić information content (AvgIpc) is 3.52. The van der Waals surface area contributed by atoms with Gasteiger partial charge in [-0.3, -0.25) is 19.5 Å². The van der Waals surface area contributed by atoms with Gasteiger partial charge in [0.2, 0.25) is 5.91 Å². The number of aromatic nitrogens is 1. The summed E-state index contributed by atoms with van der Waals surface area (Å²) >= 11 is 0. The number of nitrogens with one attached hydrogen (secondary N) is 2. The van der Waals surface area contributed by atoms with Gasteiger partial charge in [0.05, 0.1) is 25.7 Å². The molecule has 4 aliphatic rings. The van der Waals surface area contributed by atoms with Crippen molar-refractivity contribution in [1.82, 2.24) is 29.5 Å². The molecule has 0 unspecified atom stereocenters. The fraction of sp³-hybridized carbons (Fsp3) is 0.595. The van der Waals surface area contributed by atoms with E-state index in [1.807, 2.05) is 60.9 Å². The number of fused-ring (bicyclic) bond motifs is 2. The molecule has 4 aliphatic heterocycles. The highest BCUT2D eigenvalue weighted by molar-refractivity contribution is 5.91. The van der Waals surface area contributed by atoms with Crippen molar-refractivity contribution in [3.63, 3.8) is 0 Å². The number of para-hydroxylation sites is 1. The minimum Gasteiger partial charge on any atom is -0.466 e. The molecule has 15 heteroatoms. The van der Waals surface area contributed by atoms with Gasteiger partial charge in [-0.15, -0.1) is 0 Å². The van der Waals surface area contributed by atoms with E-state index in [0.717, 1.165) is 100 Å². The van der Waals surface area contributed by atoms with Gasteiger partial charge >= 0.3 is 23.8 Å². The van der Waals surface area contributed by atoms with Crippen molar-refractivity contribution in [2.24, 2.45) is 5.92 Å². The molecule has 0 aliphatic carbocycles. The number of rotatable bonds is 9. The smallest absolute Gasteiger partial charge is 0.417 e. The van der Waals surface area contributed by atoms with Gasteiger partial charge in [0.15, 0.2) is 5.58 Å². The third kappa shape index (κ3) is 10.7. The molecule has 2 aromatic carbocycles. The molecule has 0 bridgehead atoms. The number of H-pyrrole nitrogens is 1. The summed E-state index contributed by atoms with van der Waals surface area (Å²) in [6.07, 6.45) is 5.43. The number of aromatic amines is 1. The van der Waals surface area contributed by atoms with Crippen LogP contribution in [0, 0.1) is 12.8 Å². The monoisotopic (exact) mass is 789 g/mol. The number of aryl methyl sites for hydroxylation is 1. The van der Waals surface area contributed by atoms with Crippen LogP contribution in [-0.2, 0) is 31.9 Å². The molecule has 4 amide bonds. The first-order valence-electron chi connectivity index (χ1n) is 20.5. The fourth-order valence-corrected chi connectivity index (χ4v) is 8.69. The summed E-state index contributed by atoms with van der Waals surface area (Å²) in [6, 6.07) is 12.5. The van der Waals surface area contributed by atoms with Crippen LogP contribution in [0.25, 0.3) is 11.1 Å². The van der Waals surface area contributed by atoms with Crippen LogP contribution in [0.1, 0.15) is 62.6 Å². The number of esters is 1. The Kier molecular flexibility index (Phi) is 14.3. The summed E-state index contributed by atoms with van der Waals surface area (Å²) in [5.41, 5.74) is 5.30. The Morgan fingerprint density at radius 2 is 1.60 bits per heavy atom. The minimum absolute atomic E-state index is 0.0403. The predicted octanol–water partition coefficient (Wildman–Crippen LogP) is 4.48. The van der Waals surface area contributed by atoms with Gasteiger partial charge in [-0.25, -0.2) is 14.4 Å². The Morgan fingerprint density at radius 1 is 0.895 bits per heavy atom. The standard InChI is InChI=1S/C26H38N4O5.C16H21N3O3/c1-4-34-23(31)7-10-28-8-5-21(6-9-28)29-11-13-30(14-12-29)25(32)19(3)16-20-15-18(2)24-22(17-20)35-26(33)27-24;1-22-16(21)18-9-7-13(8-10-18)19-11-6-12-4-2-3-5-14(12)17-15(19)20/h15,17,19,21H,4-14,16H2,1-3H3,(H,27,33);2-5,13H,6-11H2,1H3,(H,17,20)/t19-;/m1./s1. The van der Waals surface area contributed by atoms with E-state index >= 15 is 0 Å². The first-order chi connectivity index (χ1) is 27.5. The molecule has 1 aromatic heterocycles. The van der Waals surface area contributed by atoms with Crippen molar-refractivity contribution in [3.05, 3.63) is 63.6 Å². The molecule has 3 saturated heterocycles. The number of hydrogen-bond acceptors (Lipinski definition) is 10. The number of urea groups is 1. The molecule has 0 radical (unpaired) electrons. The topological polar surface area (TPSA) is 161 Å². The SMILES string of the molecule is CCOC(=O)CCN1CCC(N2CCN(C(=O)[C@H](C)Cc3cc(C)c4[nH]c(=O)oc4c3)CC2)CC1.COC(=O)N1CCC(N2CCc3ccccc3NC2=O)CC1. The summed E-state index contributed by atoms with van der Waals surface area (Å²) < 4.78 is 15.0. The van der Waals surface area contributed by atoms with Crippen LogP contribution in [0.5, 0.6) is 0 Å². The normalized spacial score (nSPS) is 19.2. The largest absolute Gasteiger partial charge is 0.466 e. The molecule has 3 aromatic rings. The first kappa shape index (κ1) is 41.7. The Balaban J connectivity index is 0.000000214. The van der Waals surface area contributed by atoms with Gasteiger partial charge in [0, 0.05) is 76.0 Å². The van der Waals surface area contributed by atoms with Crippen LogP contribution in [-0.4, -0.2) is 145 Å². The number of nitrogens with zero attached hydrogens (tertiary/aromatic N) is 5. The van der Waals surface area contributed by atoms with Crippen LogP contribution in [0.2, 0.25) is 0 Å². The van der Waals surface area contributed by atoms with Gasteiger partial charge in [0.25, 0.3) is 0 Å². The van der Waals surface area contributed by atoms with E-state index in [1.165, 1.54) is 12.7 Å². The van der Waals surface area contributed by atoms with E-state index in [2.05, 4.69) is 26.2 Å². The van der Waals surface area contributed by atoms with Crippen molar-refractivity contribution in [3.8, 4) is 0 Å². The Bertz CT molecular complexity index is 1900. The fourth-order valence-electron chi connectivity index (χ4n) is 8.69. The Labute approximate surface area is 334 Å². The van der Waals surface area contributed by atoms with Crippen molar-refractivity contribution in [1.29, 1.82) is 0 Å². The number of amides is 4. The number of anilines is 1. The van der Waals surface area contributed by atoms with Crippen LogP contribution >= 0.6 is 0 Å². The molecule has 2 N–H and O–H groups in total. The summed E-state index contributed by atoms with van der Waals surface area (Å²) in [5, 5.41) is 3.00. The number of piperazine rings is 1. The average molecular weight is 790 g/mol. The molecular formula is C42H59N7O8. The van der Waals surface area contributed by atoms with Crippen LogP contribution in [0.15, 0.2) is 45.6 Å². The van der Waals surface area contributed by atoms with Gasteiger partial charge in [-0.05, 0) is 94.3 Å². The van der Waals surface area contributed by atoms with E-state index in [4.69, 9.17) is 13.9 Å². The lowest BCUT2D eigenvalue weighted by Gasteiger charge is -2.43. The zero-order valence-electron chi connectivity index (χ0n) is 33.9. The number of piperidine rings is 2. The molecule has 7 rings (SSSR count). The van der Waals surface area contributed by atoms with Crippen molar-refractivity contribution >= 4 is 40.8 Å². The molecule has 3 fully saturated rings. The zero-order valence-corrected chi connectivity index (χ0v) is 33.9. The number of carbonyl (C=O) groups is 4. The number of ether oxygens (including phenoxy) is 2. The molecule has 0 saturated carbocycles. The lowest BCUT2D eigenvalue weighted by molar-refractivity contribution is -0.143. The van der Waals surface area contributed by atoms with Gasteiger partial charge in [-0.1, -0.05) is 31.2 Å². The third-order valence-corrected chi connectivity index (χ3v) is 11.9. The van der Waals surface area contributed by atoms with Crippen molar-refractivity contribution in [2.45, 2.75) is 77.8 Å². The Morgan fingerprint density at radius 3 is 2.30 bits per heavy atom. The maximum Gasteiger partial charge on any atom is 0.417 e. The quantitative estimate of drug-likeness (QED) is 0.296. The molecule has 310 valence electrons. The van der Waals surface area contributed by atoms with E-state index in [-0.39, 0.29) is 36.0 Å². The summed E-state index contributed by atoms with van der Waals surface area (Å²) in [5.74, 6) is -0.514. The highest BCUT2D eigenvalue weighted by Gasteiger charge is 2.32. The van der Waals surface area contributed by atoms with Gasteiger partial charge in [-0.2, -0.15) is 0 Å². The second-order valence-corrected chi connectivity index (χ2v) is 15.6. The molecule has 57 heavy (non-hydrogen) atoms. The molecule has 1 atom stereocenters. The lowest BCUT2D eigenvalue weighted by Crippen LogP contribution is -2.55. The number of benzene rings is 2. The van der Waals surface area contributed by atoms with E-state index < -0.39 is 5.76 Å². The van der Waals surface area contributed by atoms with E-state index in [0.29, 0.717) is 50.7 Å². The third-order valence-electron chi connectivity index (χ3n) is 11.9. The molecular weight excluding hydrogens is 731 g/mol. The second-order valence-electron chi connectivity index (χ2n) is 15.6. The molecule has 0 spiro atoms. The van der Waals surface area contributed by atoms with E-state index in [9.17, 15) is 24.0 Å². The van der Waals surface area contributed by atoms with Gasteiger partial charge < -0.3 is 38.8 Å². The first-order valence-corrected chi connectivity index (χ1v) is 20.5. The van der Waals surface area contributed by atoms with E-state index in [1.54, 1.807) is 4.90 Å². The zero-order chi connectivity index (χ0) is 40.5. The van der Waals surface area contributed by atoms with Crippen molar-refractivity contribution in [2.75, 3.05) is 84.5 Å². The minimum atomic E-state index is -0.454. The number of hydrogen-bond donors (Lipinski definition) is 2. The maximum absolute atomic E-state index is 13.1. The second kappa shape index (κ2) is 19.5. The molecule has 15 nitrogen and oxygen atoms in total. The number of methoxy groups -OCH3 is 1. The molecule has 5 heterocycles. The number of carbonyl (C=O) groups excluding carboxylic acids is 4. The van der Waals surface area contributed by atoms with Gasteiger partial charge in [0.1, 0.15) is 0 Å². The van der Waals surface area contributed by atoms with Crippen molar-refractivity contribution < 1.29 is 33.1 Å².